The predicted molar refractivity (Wildman–Crippen MR) is 201 cm³/mol. The van der Waals surface area contributed by atoms with Crippen molar-refractivity contribution in [3.63, 3.8) is 0 Å². The monoisotopic (exact) mass is 671 g/mol. The molecule has 11 rings (SSSR count). The number of aromatic nitrogens is 6. The number of fused-ring (bicyclic) bond motifs is 7. The highest BCUT2D eigenvalue weighted by atomic mass is 16.5. The fraction of sp³-hybridized carbons (Fsp3) is 0. The van der Waals surface area contributed by atoms with Crippen molar-refractivity contribution in [3.05, 3.63) is 152 Å². The number of benzene rings is 5. The molecule has 5 aromatic carbocycles. The Morgan fingerprint density at radius 2 is 1.02 bits per heavy atom. The topological polar surface area (TPSA) is 91.1 Å². The van der Waals surface area contributed by atoms with E-state index in [4.69, 9.17) is 24.4 Å². The first-order valence-corrected chi connectivity index (χ1v) is 16.9. The Balaban J connectivity index is 1.10. The van der Waals surface area contributed by atoms with Gasteiger partial charge in [-0.25, -0.2) is 4.98 Å². The van der Waals surface area contributed by atoms with Crippen molar-refractivity contribution in [3.8, 4) is 62.8 Å². The van der Waals surface area contributed by atoms with E-state index in [1.165, 1.54) is 0 Å². The molecule has 0 unspecified atom stereocenters. The van der Waals surface area contributed by atoms with E-state index in [-0.39, 0.29) is 0 Å². The molecular weight excluding hydrogens is 647 g/mol. The molecule has 2 aliphatic rings. The lowest BCUT2D eigenvalue weighted by Crippen LogP contribution is -2.20. The van der Waals surface area contributed by atoms with Crippen LogP contribution in [0.5, 0.6) is 23.0 Å². The van der Waals surface area contributed by atoms with E-state index in [0.29, 0.717) is 40.6 Å². The van der Waals surface area contributed by atoms with Gasteiger partial charge in [0.15, 0.2) is 34.6 Å². The summed E-state index contributed by atoms with van der Waals surface area (Å²) >= 11 is 0. The van der Waals surface area contributed by atoms with Crippen molar-refractivity contribution in [1.29, 1.82) is 0 Å². The number of anilines is 3. The number of para-hydroxylation sites is 1. The standard InChI is InChI=1S/C43H25N7O2/c1-3-9-26(10-4-1)41-46-42(27-11-5-2-6-12-27)48-43(47-41)50-32-14-8-7-13-30(32)31-21-28(15-16-33(31)50)29-22-36-40-37(23-29)52-39-25-45-20-18-35(39)49(40)34-17-19-44-24-38(34)51-36/h1-25H. The summed E-state index contributed by atoms with van der Waals surface area (Å²) in [6, 6.07) is 42.9. The summed E-state index contributed by atoms with van der Waals surface area (Å²) in [4.78, 5) is 25.9. The molecule has 52 heavy (non-hydrogen) atoms. The Kier molecular flexibility index (Phi) is 6.05. The van der Waals surface area contributed by atoms with Crippen LogP contribution in [-0.2, 0) is 0 Å². The molecule has 4 aromatic heterocycles. The summed E-state index contributed by atoms with van der Waals surface area (Å²) in [6.45, 7) is 0. The first-order chi connectivity index (χ1) is 25.8. The van der Waals surface area contributed by atoms with E-state index in [0.717, 1.165) is 61.1 Å². The van der Waals surface area contributed by atoms with Gasteiger partial charge in [-0.3, -0.25) is 19.4 Å². The van der Waals surface area contributed by atoms with Gasteiger partial charge in [0.1, 0.15) is 5.69 Å². The van der Waals surface area contributed by atoms with Crippen LogP contribution in [0.3, 0.4) is 0 Å². The van der Waals surface area contributed by atoms with Crippen molar-refractivity contribution < 1.29 is 9.47 Å². The van der Waals surface area contributed by atoms with E-state index in [1.54, 1.807) is 24.8 Å². The second-order valence-corrected chi connectivity index (χ2v) is 12.6. The Bertz CT molecular complexity index is 2750. The summed E-state index contributed by atoms with van der Waals surface area (Å²) in [5.74, 6) is 4.48. The van der Waals surface area contributed by atoms with Crippen LogP contribution in [-0.4, -0.2) is 29.5 Å². The van der Waals surface area contributed by atoms with Crippen LogP contribution >= 0.6 is 0 Å². The minimum absolute atomic E-state index is 0.548. The highest BCUT2D eigenvalue weighted by molar-refractivity contribution is 6.10. The van der Waals surface area contributed by atoms with Gasteiger partial charge in [0.05, 0.1) is 34.8 Å². The summed E-state index contributed by atoms with van der Waals surface area (Å²) in [5.41, 5.74) is 8.40. The van der Waals surface area contributed by atoms with E-state index in [9.17, 15) is 0 Å². The van der Waals surface area contributed by atoms with Gasteiger partial charge >= 0.3 is 0 Å². The summed E-state index contributed by atoms with van der Waals surface area (Å²) in [7, 11) is 0. The molecule has 0 radical (unpaired) electrons. The van der Waals surface area contributed by atoms with Crippen LogP contribution in [0.2, 0.25) is 0 Å². The van der Waals surface area contributed by atoms with Crippen LogP contribution in [0.25, 0.3) is 61.7 Å². The smallest absolute Gasteiger partial charge is 0.238 e. The zero-order valence-corrected chi connectivity index (χ0v) is 27.4. The lowest BCUT2D eigenvalue weighted by Gasteiger charge is -2.37. The molecule has 0 bridgehead atoms. The first kappa shape index (κ1) is 28.4. The molecule has 0 spiro atoms. The maximum absolute atomic E-state index is 6.49. The van der Waals surface area contributed by atoms with Gasteiger partial charge in [0.25, 0.3) is 0 Å². The molecule has 9 aromatic rings. The van der Waals surface area contributed by atoms with Crippen molar-refractivity contribution >= 4 is 38.9 Å². The molecule has 0 fully saturated rings. The summed E-state index contributed by atoms with van der Waals surface area (Å²) in [6.07, 6.45) is 7.03. The molecule has 244 valence electrons. The SMILES string of the molecule is c1ccc(-c2nc(-c3ccccc3)nc(-n3c4ccccc4c4cc(-c5cc6c7c(c5)Oc5cnccc5N7c5ccncc5O6)ccc43)n2)cc1. The Morgan fingerprint density at radius 1 is 0.442 bits per heavy atom. The van der Waals surface area contributed by atoms with E-state index in [1.807, 2.05) is 78.9 Å². The van der Waals surface area contributed by atoms with Gasteiger partial charge < -0.3 is 9.47 Å². The minimum Gasteiger partial charge on any atom is -0.451 e. The van der Waals surface area contributed by atoms with Crippen molar-refractivity contribution in [1.82, 2.24) is 29.5 Å². The van der Waals surface area contributed by atoms with Gasteiger partial charge in [-0.1, -0.05) is 84.9 Å². The average molecular weight is 672 g/mol. The Hall–Kier alpha value is -7.39. The molecule has 0 saturated heterocycles. The molecular formula is C43H25N7O2. The maximum atomic E-state index is 6.49. The van der Waals surface area contributed by atoms with Crippen molar-refractivity contribution in [2.75, 3.05) is 4.90 Å². The second-order valence-electron chi connectivity index (χ2n) is 12.6. The summed E-state index contributed by atoms with van der Waals surface area (Å²) in [5, 5.41) is 2.15. The largest absolute Gasteiger partial charge is 0.451 e. The molecule has 6 heterocycles. The van der Waals surface area contributed by atoms with Crippen LogP contribution in [0.15, 0.2) is 152 Å². The van der Waals surface area contributed by atoms with E-state index < -0.39 is 0 Å². The fourth-order valence-electron chi connectivity index (χ4n) is 7.27. The Morgan fingerprint density at radius 3 is 1.65 bits per heavy atom. The predicted octanol–water partition coefficient (Wildman–Crippen LogP) is 10.4. The number of nitrogens with zero attached hydrogens (tertiary/aromatic N) is 7. The minimum atomic E-state index is 0.548. The third-order valence-electron chi connectivity index (χ3n) is 9.60. The zero-order chi connectivity index (χ0) is 34.2. The molecule has 0 aliphatic carbocycles. The number of rotatable bonds is 4. The molecule has 0 amide bonds. The average Bonchev–Trinajstić information content (AvgIpc) is 3.55. The van der Waals surface area contributed by atoms with Crippen LogP contribution in [0, 0.1) is 0 Å². The van der Waals surface area contributed by atoms with Gasteiger partial charge in [-0.05, 0) is 53.6 Å². The second kappa shape index (κ2) is 11.1. The van der Waals surface area contributed by atoms with Crippen LogP contribution in [0.1, 0.15) is 0 Å². The summed E-state index contributed by atoms with van der Waals surface area (Å²) < 4.78 is 15.1. The molecule has 2 aliphatic heterocycles. The number of pyridine rings is 2. The maximum Gasteiger partial charge on any atom is 0.238 e. The highest BCUT2D eigenvalue weighted by Crippen LogP contribution is 2.60. The van der Waals surface area contributed by atoms with Crippen LogP contribution < -0.4 is 14.4 Å². The molecule has 9 nitrogen and oxygen atoms in total. The molecule has 0 N–H and O–H groups in total. The van der Waals surface area contributed by atoms with Gasteiger partial charge in [0.2, 0.25) is 5.95 Å². The van der Waals surface area contributed by atoms with Crippen molar-refractivity contribution in [2.45, 2.75) is 0 Å². The quantitative estimate of drug-likeness (QED) is 0.183. The fourth-order valence-corrected chi connectivity index (χ4v) is 7.27. The van der Waals surface area contributed by atoms with E-state index >= 15 is 0 Å². The lowest BCUT2D eigenvalue weighted by molar-refractivity contribution is 0.444. The number of hydrogen-bond acceptors (Lipinski definition) is 8. The van der Waals surface area contributed by atoms with E-state index in [2.05, 4.69) is 68.0 Å². The van der Waals surface area contributed by atoms with Gasteiger partial charge in [0, 0.05) is 34.3 Å². The molecule has 0 saturated carbocycles. The molecule has 0 atom stereocenters. The normalized spacial score (nSPS) is 12.5. The Labute approximate surface area is 297 Å². The zero-order valence-electron chi connectivity index (χ0n) is 27.4. The third kappa shape index (κ3) is 4.32. The number of ether oxygens (including phenoxy) is 2. The molecule has 9 heteroatoms. The van der Waals surface area contributed by atoms with Gasteiger partial charge in [-0.15, -0.1) is 0 Å². The van der Waals surface area contributed by atoms with Crippen LogP contribution in [0.4, 0.5) is 17.1 Å². The van der Waals surface area contributed by atoms with Crippen molar-refractivity contribution in [2.24, 2.45) is 0 Å². The highest BCUT2D eigenvalue weighted by Gasteiger charge is 2.35. The third-order valence-corrected chi connectivity index (χ3v) is 9.60. The lowest BCUT2D eigenvalue weighted by atomic mass is 9.99. The first-order valence-electron chi connectivity index (χ1n) is 16.9. The van der Waals surface area contributed by atoms with Gasteiger partial charge in [-0.2, -0.15) is 9.97 Å². The number of hydrogen-bond donors (Lipinski definition) is 0.